The summed E-state index contributed by atoms with van der Waals surface area (Å²) in [6.07, 6.45) is 0. The number of halogens is 8. The fraction of sp³-hybridized carbons (Fsp3) is 0.0769. The Bertz CT molecular complexity index is 1710. The molecule has 0 spiro atoms. The Hall–Kier alpha value is -4.08. The van der Waals surface area contributed by atoms with Crippen molar-refractivity contribution in [3.63, 3.8) is 0 Å². The van der Waals surface area contributed by atoms with Crippen LogP contribution in [-0.2, 0) is 0 Å². The summed E-state index contributed by atoms with van der Waals surface area (Å²) in [5.74, 6) is -14.7. The summed E-state index contributed by atoms with van der Waals surface area (Å²) in [7, 11) is 0. The van der Waals surface area contributed by atoms with Crippen LogP contribution in [0.25, 0.3) is 55.0 Å². The number of furan rings is 2. The van der Waals surface area contributed by atoms with Crippen LogP contribution < -0.4 is 0 Å². The number of hydrogen-bond donors (Lipinski definition) is 0. The molecule has 6 rings (SSSR count). The first kappa shape index (κ1) is 23.7. The highest BCUT2D eigenvalue weighted by molar-refractivity contribution is 6.08. The highest BCUT2D eigenvalue weighted by atomic mass is 19.2. The minimum atomic E-state index is -2.02. The molecule has 0 radical (unpaired) electrons. The van der Waals surface area contributed by atoms with Crippen molar-refractivity contribution in [1.29, 1.82) is 0 Å². The van der Waals surface area contributed by atoms with Gasteiger partial charge in [-0.1, -0.05) is 38.1 Å². The second-order valence-corrected chi connectivity index (χ2v) is 7.55. The first-order valence-electron chi connectivity index (χ1n) is 10.6. The van der Waals surface area contributed by atoms with Crippen LogP contribution >= 0.6 is 0 Å². The van der Waals surface area contributed by atoms with Crippen molar-refractivity contribution in [2.45, 2.75) is 13.8 Å². The monoisotopic (exact) mass is 508 g/mol. The predicted octanol–water partition coefficient (Wildman–Crippen LogP) is 9.29. The van der Waals surface area contributed by atoms with Crippen LogP contribution in [0.4, 0.5) is 35.1 Å². The van der Waals surface area contributed by atoms with Crippen molar-refractivity contribution < 1.29 is 44.0 Å². The Morgan fingerprint density at radius 3 is 1.14 bits per heavy atom. The Labute approximate surface area is 196 Å². The Kier molecular flexibility index (Phi) is 5.42. The zero-order valence-corrected chi connectivity index (χ0v) is 18.3. The van der Waals surface area contributed by atoms with Crippen LogP contribution in [-0.4, -0.2) is 0 Å². The molecule has 4 aromatic carbocycles. The fourth-order valence-electron chi connectivity index (χ4n) is 4.09. The standard InChI is InChI=1S/C24H6F8O2.C2H6/c25-15-9-3-1-7-5-11(33-23(7)13(9)17(27)21(31)19(15)29)12-6-8-2-4-10-14(24(8)34-12)18(28)22(32)20(30)16(10)26;1-2/h1-6H;1-2H3. The summed E-state index contributed by atoms with van der Waals surface area (Å²) < 4.78 is 123. The van der Waals surface area contributed by atoms with Gasteiger partial charge in [-0.15, -0.1) is 0 Å². The molecule has 0 bridgehead atoms. The van der Waals surface area contributed by atoms with Crippen molar-refractivity contribution in [2.75, 3.05) is 0 Å². The maximum Gasteiger partial charge on any atom is 0.198 e. The third kappa shape index (κ3) is 3.09. The fourth-order valence-corrected chi connectivity index (χ4v) is 4.09. The van der Waals surface area contributed by atoms with E-state index >= 15 is 0 Å². The maximum absolute atomic E-state index is 14.5. The normalized spacial score (nSPS) is 11.6. The summed E-state index contributed by atoms with van der Waals surface area (Å²) in [6.45, 7) is 4.00. The van der Waals surface area contributed by atoms with Crippen LogP contribution in [0.1, 0.15) is 13.8 Å². The van der Waals surface area contributed by atoms with Crippen LogP contribution in [0, 0.1) is 46.5 Å². The lowest BCUT2D eigenvalue weighted by Crippen LogP contribution is -1.98. The van der Waals surface area contributed by atoms with Gasteiger partial charge in [-0.2, -0.15) is 0 Å². The van der Waals surface area contributed by atoms with Gasteiger partial charge >= 0.3 is 0 Å². The molecule has 6 aromatic rings. The Morgan fingerprint density at radius 2 is 0.778 bits per heavy atom. The van der Waals surface area contributed by atoms with Gasteiger partial charge in [0.15, 0.2) is 58.1 Å². The van der Waals surface area contributed by atoms with Gasteiger partial charge in [-0.25, -0.2) is 35.1 Å². The Morgan fingerprint density at radius 1 is 0.444 bits per heavy atom. The minimum absolute atomic E-state index is 0.111. The van der Waals surface area contributed by atoms with Crippen LogP contribution in [0.15, 0.2) is 45.2 Å². The summed E-state index contributed by atoms with van der Waals surface area (Å²) in [5.41, 5.74) is -0.642. The molecule has 184 valence electrons. The van der Waals surface area contributed by atoms with Gasteiger partial charge in [0.25, 0.3) is 0 Å². The molecule has 0 saturated carbocycles. The van der Waals surface area contributed by atoms with E-state index in [9.17, 15) is 35.1 Å². The van der Waals surface area contributed by atoms with Crippen LogP contribution in [0.2, 0.25) is 0 Å². The van der Waals surface area contributed by atoms with E-state index < -0.39 is 68.1 Å². The second-order valence-electron chi connectivity index (χ2n) is 7.55. The summed E-state index contributed by atoms with van der Waals surface area (Å²) in [6, 6.07) is 7.25. The van der Waals surface area contributed by atoms with Crippen molar-refractivity contribution in [3.8, 4) is 11.5 Å². The average molecular weight is 508 g/mol. The van der Waals surface area contributed by atoms with Crippen LogP contribution in [0.3, 0.4) is 0 Å². The maximum atomic E-state index is 14.5. The number of rotatable bonds is 1. The molecule has 2 heterocycles. The zero-order chi connectivity index (χ0) is 26.0. The lowest BCUT2D eigenvalue weighted by molar-refractivity contribution is 0.417. The minimum Gasteiger partial charge on any atom is -0.452 e. The van der Waals surface area contributed by atoms with Crippen molar-refractivity contribution in [1.82, 2.24) is 0 Å². The molecule has 0 fully saturated rings. The third-order valence-electron chi connectivity index (χ3n) is 5.68. The Balaban J connectivity index is 0.00000130. The average Bonchev–Trinajstić information content (AvgIpc) is 3.52. The molecular formula is C26H12F8O2. The van der Waals surface area contributed by atoms with Gasteiger partial charge in [0.05, 0.1) is 10.8 Å². The van der Waals surface area contributed by atoms with Gasteiger partial charge in [0, 0.05) is 21.5 Å². The summed E-state index contributed by atoms with van der Waals surface area (Å²) >= 11 is 0. The molecule has 0 saturated heterocycles. The molecule has 0 atom stereocenters. The van der Waals surface area contributed by atoms with Gasteiger partial charge in [-0.05, 0) is 12.1 Å². The van der Waals surface area contributed by atoms with E-state index in [0.717, 1.165) is 12.1 Å². The van der Waals surface area contributed by atoms with Crippen molar-refractivity contribution in [3.05, 3.63) is 82.9 Å². The zero-order valence-electron chi connectivity index (χ0n) is 18.3. The molecule has 0 aliphatic carbocycles. The largest absolute Gasteiger partial charge is 0.452 e. The number of benzene rings is 4. The van der Waals surface area contributed by atoms with E-state index in [2.05, 4.69) is 0 Å². The molecular weight excluding hydrogens is 496 g/mol. The van der Waals surface area contributed by atoms with Crippen molar-refractivity contribution in [2.24, 2.45) is 0 Å². The van der Waals surface area contributed by atoms with E-state index in [4.69, 9.17) is 8.83 Å². The molecule has 2 nitrogen and oxygen atoms in total. The topological polar surface area (TPSA) is 26.3 Å². The van der Waals surface area contributed by atoms with E-state index in [0.29, 0.717) is 0 Å². The lowest BCUT2D eigenvalue weighted by atomic mass is 10.1. The molecule has 0 amide bonds. The predicted molar refractivity (Wildman–Crippen MR) is 117 cm³/mol. The molecule has 0 aliphatic rings. The first-order valence-corrected chi connectivity index (χ1v) is 10.6. The van der Waals surface area contributed by atoms with Gasteiger partial charge in [0.1, 0.15) is 11.2 Å². The SMILES string of the molecule is CC.Fc1c(F)c(F)c2c(ccc3cc(-c4cc5ccc6c(F)c(F)c(F)c(F)c6c5o4)oc32)c1F. The summed E-state index contributed by atoms with van der Waals surface area (Å²) in [5, 5.41) is -2.07. The second kappa shape index (κ2) is 8.25. The number of hydrogen-bond acceptors (Lipinski definition) is 2. The number of fused-ring (bicyclic) bond motifs is 6. The molecule has 0 aliphatic heterocycles. The lowest BCUT2D eigenvalue weighted by Gasteiger charge is -2.05. The van der Waals surface area contributed by atoms with Gasteiger partial charge in [0.2, 0.25) is 0 Å². The highest BCUT2D eigenvalue weighted by Gasteiger charge is 2.26. The van der Waals surface area contributed by atoms with E-state index in [1.54, 1.807) is 0 Å². The molecule has 0 N–H and O–H groups in total. The smallest absolute Gasteiger partial charge is 0.198 e. The van der Waals surface area contributed by atoms with Gasteiger partial charge in [-0.3, -0.25) is 0 Å². The first-order chi connectivity index (χ1) is 17.2. The van der Waals surface area contributed by atoms with Crippen LogP contribution in [0.5, 0.6) is 0 Å². The van der Waals surface area contributed by atoms with E-state index in [-0.39, 0.29) is 33.5 Å². The quantitative estimate of drug-likeness (QED) is 0.126. The van der Waals surface area contributed by atoms with E-state index in [1.807, 2.05) is 13.8 Å². The molecule has 10 heteroatoms. The third-order valence-corrected chi connectivity index (χ3v) is 5.68. The molecule has 0 unspecified atom stereocenters. The van der Waals surface area contributed by atoms with E-state index in [1.165, 1.54) is 24.3 Å². The summed E-state index contributed by atoms with van der Waals surface area (Å²) in [4.78, 5) is 0. The van der Waals surface area contributed by atoms with Crippen molar-refractivity contribution >= 4 is 43.5 Å². The molecule has 2 aromatic heterocycles. The highest BCUT2D eigenvalue weighted by Crippen LogP contribution is 2.40. The molecule has 36 heavy (non-hydrogen) atoms. The van der Waals surface area contributed by atoms with Gasteiger partial charge < -0.3 is 8.83 Å².